The van der Waals surface area contributed by atoms with Crippen LogP contribution in [0.1, 0.15) is 24.1 Å². The average molecular weight is 353 g/mol. The van der Waals surface area contributed by atoms with Gasteiger partial charge < -0.3 is 19.7 Å². The number of amides is 2. The molecule has 0 unspecified atom stereocenters. The van der Waals surface area contributed by atoms with Crippen LogP contribution in [-0.4, -0.2) is 34.5 Å². The molecule has 2 aromatic rings. The quantitative estimate of drug-likeness (QED) is 0.912. The monoisotopic (exact) mass is 353 g/mol. The summed E-state index contributed by atoms with van der Waals surface area (Å²) in [6, 6.07) is 10.5. The lowest BCUT2D eigenvalue weighted by Crippen LogP contribution is -2.41. The van der Waals surface area contributed by atoms with Crippen LogP contribution < -0.4 is 14.8 Å². The molecule has 0 radical (unpaired) electrons. The van der Waals surface area contributed by atoms with E-state index in [0.29, 0.717) is 36.7 Å². The van der Waals surface area contributed by atoms with E-state index in [-0.39, 0.29) is 18.6 Å². The molecule has 2 aliphatic heterocycles. The van der Waals surface area contributed by atoms with Gasteiger partial charge in [-0.3, -0.25) is 9.59 Å². The van der Waals surface area contributed by atoms with E-state index in [0.717, 1.165) is 11.3 Å². The number of rotatable bonds is 4. The average Bonchev–Trinajstić information content (AvgIpc) is 3.22. The van der Waals surface area contributed by atoms with E-state index < -0.39 is 6.04 Å². The Morgan fingerprint density at radius 3 is 2.96 bits per heavy atom. The largest absolute Gasteiger partial charge is 0.454 e. The molecule has 1 N–H and O–H groups in total. The minimum atomic E-state index is -0.504. The van der Waals surface area contributed by atoms with Crippen molar-refractivity contribution in [3.05, 3.63) is 47.7 Å². The van der Waals surface area contributed by atoms with Crippen LogP contribution in [0.15, 0.2) is 36.4 Å². The Labute approximate surface area is 150 Å². The van der Waals surface area contributed by atoms with Crippen LogP contribution in [0.3, 0.4) is 0 Å². The Balaban J connectivity index is 1.49. The Hall–Kier alpha value is -3.09. The van der Waals surface area contributed by atoms with Gasteiger partial charge >= 0.3 is 0 Å². The van der Waals surface area contributed by atoms with Gasteiger partial charge in [0.2, 0.25) is 18.6 Å². The highest BCUT2D eigenvalue weighted by Crippen LogP contribution is 2.33. The summed E-state index contributed by atoms with van der Waals surface area (Å²) in [5.41, 5.74) is 1.72. The number of carbonyl (C=O) groups excluding carboxylic acids is 2. The first-order valence-corrected chi connectivity index (χ1v) is 8.53. The maximum absolute atomic E-state index is 12.7. The first-order chi connectivity index (χ1) is 12.6. The topological polar surface area (TPSA) is 80.8 Å². The summed E-state index contributed by atoms with van der Waals surface area (Å²) in [6.45, 7) is 2.42. The molecule has 1 aromatic heterocycles. The number of likely N-dealkylation sites (tertiary alicyclic amines) is 1. The van der Waals surface area contributed by atoms with Crippen molar-refractivity contribution < 1.29 is 19.1 Å². The van der Waals surface area contributed by atoms with Crippen molar-refractivity contribution in [3.63, 3.8) is 0 Å². The molecule has 1 atom stereocenters. The fraction of sp³-hybridized carbons (Fsp3) is 0.316. The van der Waals surface area contributed by atoms with Crippen LogP contribution in [0.25, 0.3) is 0 Å². The number of aromatic nitrogens is 1. The number of nitrogens with one attached hydrogen (secondary N) is 1. The van der Waals surface area contributed by atoms with E-state index in [1.807, 2.05) is 37.3 Å². The third-order valence-corrected chi connectivity index (χ3v) is 4.56. The lowest BCUT2D eigenvalue weighted by atomic mass is 10.1. The van der Waals surface area contributed by atoms with Gasteiger partial charge in [0.1, 0.15) is 11.9 Å². The van der Waals surface area contributed by atoms with E-state index in [1.165, 1.54) is 0 Å². The molecule has 1 aromatic carbocycles. The lowest BCUT2D eigenvalue weighted by Gasteiger charge is -2.24. The van der Waals surface area contributed by atoms with Gasteiger partial charge in [0.15, 0.2) is 11.5 Å². The standard InChI is InChI=1S/C19H19N3O4/c1-12-3-2-4-17(20-12)21-19(24)14-6-8-18(23)22(14)10-13-5-7-15-16(9-13)26-11-25-15/h2-5,7,9,14H,6,8,10-11H2,1H3,(H,20,21,24)/t14-/m0/s1. The highest BCUT2D eigenvalue weighted by atomic mass is 16.7. The number of nitrogens with zero attached hydrogens (tertiary/aromatic N) is 2. The first kappa shape index (κ1) is 16.4. The van der Waals surface area contributed by atoms with Crippen molar-refractivity contribution in [3.8, 4) is 11.5 Å². The lowest BCUT2D eigenvalue weighted by molar-refractivity contribution is -0.133. The van der Waals surface area contributed by atoms with E-state index in [4.69, 9.17) is 9.47 Å². The molecule has 2 amide bonds. The van der Waals surface area contributed by atoms with Crippen LogP contribution in [0.4, 0.5) is 5.82 Å². The highest BCUT2D eigenvalue weighted by molar-refractivity contribution is 5.98. The Kier molecular flexibility index (Phi) is 4.20. The van der Waals surface area contributed by atoms with Gasteiger partial charge in [-0.25, -0.2) is 4.98 Å². The highest BCUT2D eigenvalue weighted by Gasteiger charge is 2.36. The molecule has 1 fully saturated rings. The number of carbonyl (C=O) groups is 2. The first-order valence-electron chi connectivity index (χ1n) is 8.53. The fourth-order valence-corrected chi connectivity index (χ4v) is 3.26. The van der Waals surface area contributed by atoms with Crippen LogP contribution in [0, 0.1) is 6.92 Å². The molecule has 26 heavy (non-hydrogen) atoms. The number of fused-ring (bicyclic) bond motifs is 1. The second-order valence-corrected chi connectivity index (χ2v) is 6.42. The summed E-state index contributed by atoms with van der Waals surface area (Å²) in [7, 11) is 0. The van der Waals surface area contributed by atoms with Gasteiger partial charge in [-0.05, 0) is 43.2 Å². The molecule has 134 valence electrons. The molecule has 2 aliphatic rings. The van der Waals surface area contributed by atoms with Crippen LogP contribution >= 0.6 is 0 Å². The Morgan fingerprint density at radius 2 is 2.12 bits per heavy atom. The molecular formula is C19H19N3O4. The predicted octanol–water partition coefficient (Wildman–Crippen LogP) is 2.25. The molecule has 0 aliphatic carbocycles. The molecular weight excluding hydrogens is 334 g/mol. The molecule has 0 spiro atoms. The zero-order valence-electron chi connectivity index (χ0n) is 14.4. The minimum absolute atomic E-state index is 0.0278. The number of hydrogen-bond donors (Lipinski definition) is 1. The smallest absolute Gasteiger partial charge is 0.248 e. The summed E-state index contributed by atoms with van der Waals surface area (Å²) >= 11 is 0. The van der Waals surface area contributed by atoms with Crippen LogP contribution in [0.5, 0.6) is 11.5 Å². The number of aryl methyl sites for hydroxylation is 1. The molecule has 4 rings (SSSR count). The number of hydrogen-bond acceptors (Lipinski definition) is 5. The van der Waals surface area contributed by atoms with E-state index in [1.54, 1.807) is 11.0 Å². The van der Waals surface area contributed by atoms with Crippen molar-refractivity contribution in [1.29, 1.82) is 0 Å². The maximum atomic E-state index is 12.7. The summed E-state index contributed by atoms with van der Waals surface area (Å²) in [6.07, 6.45) is 0.866. The van der Waals surface area contributed by atoms with Crippen molar-refractivity contribution >= 4 is 17.6 Å². The van der Waals surface area contributed by atoms with Crippen molar-refractivity contribution in [2.24, 2.45) is 0 Å². The van der Waals surface area contributed by atoms with Gasteiger partial charge in [-0.2, -0.15) is 0 Å². The van der Waals surface area contributed by atoms with Crippen molar-refractivity contribution in [1.82, 2.24) is 9.88 Å². The van der Waals surface area contributed by atoms with E-state index in [2.05, 4.69) is 10.3 Å². The van der Waals surface area contributed by atoms with Crippen LogP contribution in [-0.2, 0) is 16.1 Å². The normalized spacial score (nSPS) is 18.3. The number of benzene rings is 1. The number of pyridine rings is 1. The third kappa shape index (κ3) is 3.20. The summed E-state index contributed by atoms with van der Waals surface area (Å²) < 4.78 is 10.7. The fourth-order valence-electron chi connectivity index (χ4n) is 3.26. The van der Waals surface area contributed by atoms with Gasteiger partial charge in [0.05, 0.1) is 0 Å². The molecule has 7 nitrogen and oxygen atoms in total. The van der Waals surface area contributed by atoms with Gasteiger partial charge in [-0.1, -0.05) is 12.1 Å². The molecule has 7 heteroatoms. The SMILES string of the molecule is Cc1cccc(NC(=O)[C@@H]2CCC(=O)N2Cc2ccc3c(c2)OCO3)n1. The molecule has 3 heterocycles. The Morgan fingerprint density at radius 1 is 1.27 bits per heavy atom. The molecule has 1 saturated heterocycles. The van der Waals surface area contributed by atoms with Crippen molar-refractivity contribution in [2.75, 3.05) is 12.1 Å². The van der Waals surface area contributed by atoms with Crippen LogP contribution in [0.2, 0.25) is 0 Å². The van der Waals surface area contributed by atoms with Gasteiger partial charge in [-0.15, -0.1) is 0 Å². The van der Waals surface area contributed by atoms with E-state index >= 15 is 0 Å². The summed E-state index contributed by atoms with van der Waals surface area (Å²) in [4.78, 5) is 30.9. The maximum Gasteiger partial charge on any atom is 0.248 e. The zero-order valence-corrected chi connectivity index (χ0v) is 14.4. The Bertz CT molecular complexity index is 868. The minimum Gasteiger partial charge on any atom is -0.454 e. The predicted molar refractivity (Wildman–Crippen MR) is 93.7 cm³/mol. The number of ether oxygens (including phenoxy) is 2. The zero-order chi connectivity index (χ0) is 18.1. The molecule has 0 saturated carbocycles. The second-order valence-electron chi connectivity index (χ2n) is 6.42. The summed E-state index contributed by atoms with van der Waals surface area (Å²) in [5, 5.41) is 2.81. The van der Waals surface area contributed by atoms with E-state index in [9.17, 15) is 9.59 Å². The number of anilines is 1. The summed E-state index contributed by atoms with van der Waals surface area (Å²) in [5.74, 6) is 1.62. The van der Waals surface area contributed by atoms with Gasteiger partial charge in [0.25, 0.3) is 0 Å². The third-order valence-electron chi connectivity index (χ3n) is 4.56. The second kappa shape index (κ2) is 6.67. The van der Waals surface area contributed by atoms with Crippen molar-refractivity contribution in [2.45, 2.75) is 32.4 Å². The van der Waals surface area contributed by atoms with Gasteiger partial charge in [0, 0.05) is 18.7 Å². The molecule has 0 bridgehead atoms.